The van der Waals surface area contributed by atoms with Crippen molar-refractivity contribution >= 4 is 35.8 Å². The molecule has 14 nitrogen and oxygen atoms in total. The lowest BCUT2D eigenvalue weighted by Crippen LogP contribution is -2.47. The normalized spacial score (nSPS) is 26.7. The van der Waals surface area contributed by atoms with E-state index < -0.39 is 34.7 Å². The third-order valence-electron chi connectivity index (χ3n) is 10.8. The van der Waals surface area contributed by atoms with Gasteiger partial charge in [0, 0.05) is 44.8 Å². The molecular formula is C46H77N3O11. The smallest absolute Gasteiger partial charge is 0.410 e. The monoisotopic (exact) mass is 848 g/mol. The van der Waals surface area contributed by atoms with Gasteiger partial charge in [0.1, 0.15) is 16.7 Å². The van der Waals surface area contributed by atoms with E-state index in [9.17, 15) is 28.8 Å². The molecule has 2 unspecified atom stereocenters. The highest BCUT2D eigenvalue weighted by molar-refractivity contribution is 5.94. The van der Waals surface area contributed by atoms with Gasteiger partial charge < -0.3 is 34.7 Å². The first-order chi connectivity index (χ1) is 27.8. The number of esters is 3. The summed E-state index contributed by atoms with van der Waals surface area (Å²) in [5.74, 6) is -1.42. The Bertz CT molecular complexity index is 1500. The van der Waals surface area contributed by atoms with Crippen LogP contribution in [0.2, 0.25) is 0 Å². The number of hydrogen-bond donors (Lipinski definition) is 2. The van der Waals surface area contributed by atoms with Crippen LogP contribution in [0.3, 0.4) is 0 Å². The molecule has 0 radical (unpaired) electrons. The molecule has 4 aliphatic rings. The fourth-order valence-corrected chi connectivity index (χ4v) is 7.60. The lowest BCUT2D eigenvalue weighted by atomic mass is 9.86. The van der Waals surface area contributed by atoms with Gasteiger partial charge in [-0.25, -0.2) is 4.79 Å². The van der Waals surface area contributed by atoms with Crippen molar-refractivity contribution in [2.24, 2.45) is 40.7 Å². The van der Waals surface area contributed by atoms with E-state index in [0.717, 1.165) is 45.2 Å². The summed E-state index contributed by atoms with van der Waals surface area (Å²) >= 11 is 0. The molecule has 60 heavy (non-hydrogen) atoms. The number of fused-ring (bicyclic) bond motifs is 1. The number of likely N-dealkylation sites (tertiary alicyclic amines) is 2. The molecule has 2 aliphatic heterocycles. The van der Waals surface area contributed by atoms with Gasteiger partial charge in [-0.2, -0.15) is 0 Å². The zero-order chi connectivity index (χ0) is 46.2. The van der Waals surface area contributed by atoms with Crippen LogP contribution in [0.1, 0.15) is 121 Å². The molecule has 2 aliphatic carbocycles. The van der Waals surface area contributed by atoms with Crippen molar-refractivity contribution < 1.29 is 52.8 Å². The summed E-state index contributed by atoms with van der Waals surface area (Å²) in [4.78, 5) is 74.5. The first-order valence-electron chi connectivity index (χ1n) is 21.4. The van der Waals surface area contributed by atoms with E-state index in [2.05, 4.69) is 24.6 Å². The van der Waals surface area contributed by atoms with E-state index in [-0.39, 0.29) is 71.9 Å². The number of ether oxygens (including phenoxy) is 4. The van der Waals surface area contributed by atoms with Gasteiger partial charge in [0.15, 0.2) is 5.78 Å². The molecule has 0 aromatic heterocycles. The number of carbonyl (C=O) groups excluding carboxylic acids is 5. The average Bonchev–Trinajstić information content (AvgIpc) is 3.93. The number of carbonyl (C=O) groups is 6. The van der Waals surface area contributed by atoms with Gasteiger partial charge in [0.05, 0.1) is 30.6 Å². The summed E-state index contributed by atoms with van der Waals surface area (Å²) < 4.78 is 20.4. The van der Waals surface area contributed by atoms with E-state index in [1.807, 2.05) is 54.7 Å². The number of aliphatic carboxylic acids is 1. The van der Waals surface area contributed by atoms with Crippen molar-refractivity contribution in [3.05, 3.63) is 38.0 Å². The minimum Gasteiger partial charge on any atom is -0.481 e. The van der Waals surface area contributed by atoms with Crippen LogP contribution in [0.4, 0.5) is 4.79 Å². The molecule has 14 heteroatoms. The first-order valence-corrected chi connectivity index (χ1v) is 21.4. The number of unbranched alkanes of at least 4 members (excludes halogenated alkanes) is 3. The lowest BCUT2D eigenvalue weighted by Gasteiger charge is -2.31. The predicted molar refractivity (Wildman–Crippen MR) is 232 cm³/mol. The Morgan fingerprint density at radius 1 is 0.833 bits per heavy atom. The van der Waals surface area contributed by atoms with Crippen molar-refractivity contribution in [2.75, 3.05) is 39.9 Å². The van der Waals surface area contributed by atoms with Gasteiger partial charge in [-0.05, 0) is 106 Å². The maximum absolute atomic E-state index is 13.5. The number of hydrogen-bond acceptors (Lipinski definition) is 12. The van der Waals surface area contributed by atoms with Crippen LogP contribution in [0, 0.1) is 35.0 Å². The molecule has 342 valence electrons. The average molecular weight is 848 g/mol. The van der Waals surface area contributed by atoms with Gasteiger partial charge in [-0.3, -0.25) is 28.9 Å². The van der Waals surface area contributed by atoms with Crippen LogP contribution in [0.15, 0.2) is 38.0 Å². The van der Waals surface area contributed by atoms with Crippen LogP contribution in [0.25, 0.3) is 0 Å². The molecule has 2 heterocycles. The zero-order valence-electron chi connectivity index (χ0n) is 38.5. The fourth-order valence-electron chi connectivity index (χ4n) is 7.60. The van der Waals surface area contributed by atoms with Crippen molar-refractivity contribution in [3.63, 3.8) is 0 Å². The summed E-state index contributed by atoms with van der Waals surface area (Å²) in [5.41, 5.74) is 3.15. The van der Waals surface area contributed by atoms with E-state index in [0.29, 0.717) is 26.0 Å². The van der Waals surface area contributed by atoms with Gasteiger partial charge >= 0.3 is 30.0 Å². The number of carboxylic acid groups (broad SMARTS) is 1. The molecule has 3 N–H and O–H groups in total. The Balaban J connectivity index is 0.000000476. The highest BCUT2D eigenvalue weighted by Gasteiger charge is 2.62. The first kappa shape index (κ1) is 54.0. The standard InChI is InChI=1S/C22H34N2O5.C10H18O2.C8H13NO2.C6H12O2/c1-7-15-9-22(15,19(26)28-8-2)10-17(25)18-16-13-23(6)11-14(16)12-24(18)20(27)29-21(3,4)5;1-3-4-5-6-7-8-9(2)10(11)12;1-3-6-5-8(6,9)7(10)11-4-2;1-5(7)8-6(2,3)4/h7,14-16,18H,1,8-13H2,2-6H3;3,9H,1,4-8H2,2H3,(H,11,12);3,6H,1,4-5,9H2,2H3;1-4H3/t14-,15?,16-,18-,22+;9-;6?,8-;/m001./s1. The third-order valence-corrected chi connectivity index (χ3v) is 10.8. The highest BCUT2D eigenvalue weighted by Crippen LogP contribution is 2.57. The number of ketones is 1. The quantitative estimate of drug-likeness (QED) is 0.0690. The van der Waals surface area contributed by atoms with Crippen LogP contribution >= 0.6 is 0 Å². The summed E-state index contributed by atoms with van der Waals surface area (Å²) in [6.07, 6.45) is 11.3. The molecular weight excluding hydrogens is 771 g/mol. The lowest BCUT2D eigenvalue weighted by molar-refractivity contribution is -0.152. The SMILES string of the molecule is C=CC1C[C@]1(CC(=O)[C@@H]1[C@H]2CN(C)C[C@H]2CN1C(=O)OC(C)(C)C)C(=O)OCC.C=CC1C[C@]1(N)C(=O)OCC.C=CCCCCC[C@H](C)C(=O)O.CC(=O)OC(C)(C)C. The Morgan fingerprint density at radius 3 is 1.83 bits per heavy atom. The van der Waals surface area contributed by atoms with Crippen molar-refractivity contribution in [2.45, 2.75) is 143 Å². The van der Waals surface area contributed by atoms with Gasteiger partial charge in [0.25, 0.3) is 0 Å². The number of rotatable bonds is 16. The zero-order valence-corrected chi connectivity index (χ0v) is 38.5. The summed E-state index contributed by atoms with van der Waals surface area (Å²) in [5, 5.41) is 8.57. The summed E-state index contributed by atoms with van der Waals surface area (Å²) in [6, 6.07) is -0.558. The molecule has 0 spiro atoms. The number of nitrogens with two attached hydrogens (primary N) is 1. The summed E-state index contributed by atoms with van der Waals surface area (Å²) in [7, 11) is 2.03. The number of nitrogens with zero attached hydrogens (tertiary/aromatic N) is 2. The molecule has 8 atom stereocenters. The van der Waals surface area contributed by atoms with Crippen LogP contribution in [-0.4, -0.2) is 113 Å². The molecule has 0 bridgehead atoms. The molecule has 0 aromatic carbocycles. The van der Waals surface area contributed by atoms with E-state index in [1.54, 1.807) is 37.8 Å². The van der Waals surface area contributed by atoms with Crippen LogP contribution in [0.5, 0.6) is 0 Å². The van der Waals surface area contributed by atoms with Gasteiger partial charge in [0.2, 0.25) is 0 Å². The van der Waals surface area contributed by atoms with Crippen molar-refractivity contribution in [1.29, 1.82) is 0 Å². The van der Waals surface area contributed by atoms with E-state index in [4.69, 9.17) is 29.8 Å². The number of carboxylic acids is 1. The molecule has 4 fully saturated rings. The highest BCUT2D eigenvalue weighted by atomic mass is 16.6. The minimum atomic E-state index is -0.822. The van der Waals surface area contributed by atoms with Crippen molar-refractivity contribution in [1.82, 2.24) is 9.80 Å². The largest absolute Gasteiger partial charge is 0.481 e. The Kier molecular flexibility index (Phi) is 21.4. The summed E-state index contributed by atoms with van der Waals surface area (Å²) in [6.45, 7) is 31.5. The molecule has 2 saturated carbocycles. The van der Waals surface area contributed by atoms with Crippen LogP contribution in [-0.2, 0) is 42.9 Å². The molecule has 0 aromatic rings. The van der Waals surface area contributed by atoms with Gasteiger partial charge in [-0.15, -0.1) is 19.7 Å². The number of Topliss-reactive ketones (excluding diaryl/α,β-unsaturated/α-hetero) is 1. The second kappa shape index (κ2) is 23.8. The second-order valence-electron chi connectivity index (χ2n) is 18.5. The Labute approximate surface area is 359 Å². The number of allylic oxidation sites excluding steroid dienone is 2. The van der Waals surface area contributed by atoms with Gasteiger partial charge in [-0.1, -0.05) is 38.0 Å². The minimum absolute atomic E-state index is 0.0519. The number of amides is 1. The van der Waals surface area contributed by atoms with E-state index >= 15 is 0 Å². The second-order valence-corrected chi connectivity index (χ2v) is 18.5. The molecule has 2 saturated heterocycles. The Hall–Kier alpha value is -4.04. The molecule has 4 rings (SSSR count). The van der Waals surface area contributed by atoms with E-state index in [1.165, 1.54) is 6.92 Å². The van der Waals surface area contributed by atoms with Crippen LogP contribution < -0.4 is 5.73 Å². The van der Waals surface area contributed by atoms with Crippen molar-refractivity contribution in [3.8, 4) is 0 Å². The molecule has 1 amide bonds. The predicted octanol–water partition coefficient (Wildman–Crippen LogP) is 7.14. The fraction of sp³-hybridized carbons (Fsp3) is 0.739. The maximum atomic E-state index is 13.5. The maximum Gasteiger partial charge on any atom is 0.410 e. The topological polar surface area (TPSA) is 192 Å². The third kappa shape index (κ3) is 17.1. The Morgan fingerprint density at radius 2 is 1.40 bits per heavy atom.